The summed E-state index contributed by atoms with van der Waals surface area (Å²) >= 11 is 0. The fourth-order valence-electron chi connectivity index (χ4n) is 8.10. The summed E-state index contributed by atoms with van der Waals surface area (Å²) < 4.78 is 7.31. The summed E-state index contributed by atoms with van der Waals surface area (Å²) in [5.74, 6) is -2.40. The SMILES string of the molecule is CCC/C(=C\c1ccccc1O)CC[C@@H](O)C1=C(CO[Si](c2ccccc2)(c2ccccc2)C(C)(C)C)C[C@H]2C(=O)N(C)C(=O)[C@H]2[C@H]1CO. The van der Waals surface area contributed by atoms with Gasteiger partial charge in [-0.1, -0.05) is 125 Å². The van der Waals surface area contributed by atoms with Crippen LogP contribution in [-0.2, 0) is 14.0 Å². The number of hydrogen-bond donors (Lipinski definition) is 3. The minimum Gasteiger partial charge on any atom is -0.507 e. The zero-order valence-electron chi connectivity index (χ0n) is 29.4. The first kappa shape index (κ1) is 36.5. The second-order valence-corrected chi connectivity index (χ2v) is 18.8. The van der Waals surface area contributed by atoms with E-state index in [9.17, 15) is 24.9 Å². The fourth-order valence-corrected chi connectivity index (χ4v) is 12.7. The largest absolute Gasteiger partial charge is 0.507 e. The Morgan fingerprint density at radius 3 is 2.08 bits per heavy atom. The summed E-state index contributed by atoms with van der Waals surface area (Å²) in [5, 5.41) is 35.3. The quantitative estimate of drug-likeness (QED) is 0.119. The molecule has 3 aromatic rings. The van der Waals surface area contributed by atoms with Crippen molar-refractivity contribution >= 4 is 36.6 Å². The molecule has 1 aliphatic heterocycles. The number of likely N-dealkylation sites (tertiary alicyclic amines) is 1. The van der Waals surface area contributed by atoms with Crippen LogP contribution in [0.1, 0.15) is 65.4 Å². The summed E-state index contributed by atoms with van der Waals surface area (Å²) in [6, 6.07) is 27.8. The Kier molecular flexibility index (Phi) is 11.4. The first-order valence-corrected chi connectivity index (χ1v) is 19.4. The predicted molar refractivity (Wildman–Crippen MR) is 197 cm³/mol. The van der Waals surface area contributed by atoms with Gasteiger partial charge in [0.25, 0.3) is 8.32 Å². The van der Waals surface area contributed by atoms with Crippen LogP contribution in [-0.4, -0.2) is 66.7 Å². The average Bonchev–Trinajstić information content (AvgIpc) is 3.31. The van der Waals surface area contributed by atoms with Crippen molar-refractivity contribution in [1.82, 2.24) is 4.90 Å². The van der Waals surface area contributed by atoms with Crippen LogP contribution in [0, 0.1) is 17.8 Å². The van der Waals surface area contributed by atoms with Crippen molar-refractivity contribution in [3.63, 3.8) is 0 Å². The molecule has 0 aromatic heterocycles. The third kappa shape index (κ3) is 7.24. The number of nitrogens with zero attached hydrogens (tertiary/aromatic N) is 1. The number of carbonyl (C=O) groups is 2. The molecule has 4 atom stereocenters. The Bertz CT molecular complexity index is 1640. The molecule has 0 spiro atoms. The normalized spacial score (nSPS) is 20.9. The molecule has 1 saturated heterocycles. The van der Waals surface area contributed by atoms with Crippen molar-refractivity contribution in [2.24, 2.45) is 17.8 Å². The molecule has 0 unspecified atom stereocenters. The molecule has 2 aliphatic rings. The highest BCUT2D eigenvalue weighted by atomic mass is 28.4. The summed E-state index contributed by atoms with van der Waals surface area (Å²) in [6.45, 7) is 8.52. The van der Waals surface area contributed by atoms with Crippen molar-refractivity contribution in [1.29, 1.82) is 0 Å². The van der Waals surface area contributed by atoms with Gasteiger partial charge in [-0.25, -0.2) is 0 Å². The monoisotopic (exact) mass is 681 g/mol. The fraction of sp³-hybridized carbons (Fsp3) is 0.415. The van der Waals surface area contributed by atoms with Crippen LogP contribution < -0.4 is 10.4 Å². The minimum atomic E-state index is -2.98. The van der Waals surface area contributed by atoms with Crippen LogP contribution in [0.3, 0.4) is 0 Å². The number of amides is 2. The molecule has 3 aromatic carbocycles. The maximum atomic E-state index is 13.4. The van der Waals surface area contributed by atoms with E-state index in [-0.39, 0.29) is 42.2 Å². The summed E-state index contributed by atoms with van der Waals surface area (Å²) in [5.41, 5.74) is 3.23. The number of rotatable bonds is 13. The third-order valence-corrected chi connectivity index (χ3v) is 15.4. The molecule has 1 fully saturated rings. The van der Waals surface area contributed by atoms with Crippen molar-refractivity contribution in [3.8, 4) is 5.75 Å². The molecule has 7 nitrogen and oxygen atoms in total. The first-order valence-electron chi connectivity index (χ1n) is 17.5. The van der Waals surface area contributed by atoms with Gasteiger partial charge < -0.3 is 19.7 Å². The van der Waals surface area contributed by atoms with Crippen molar-refractivity contribution in [2.75, 3.05) is 20.3 Å². The van der Waals surface area contributed by atoms with E-state index in [0.717, 1.165) is 39.9 Å². The lowest BCUT2D eigenvalue weighted by Crippen LogP contribution is -2.66. The molecule has 8 heteroatoms. The molecule has 260 valence electrons. The molecular formula is C41H51NO6Si. The summed E-state index contributed by atoms with van der Waals surface area (Å²) in [6.07, 6.45) is 3.95. The molecule has 1 aliphatic carbocycles. The van der Waals surface area contributed by atoms with E-state index in [2.05, 4.69) is 52.0 Å². The maximum Gasteiger partial charge on any atom is 0.261 e. The third-order valence-electron chi connectivity index (χ3n) is 10.4. The maximum absolute atomic E-state index is 13.4. The number of benzene rings is 3. The van der Waals surface area contributed by atoms with Gasteiger partial charge in [-0.3, -0.25) is 14.5 Å². The number of aromatic hydroxyl groups is 1. The number of carbonyl (C=O) groups excluding carboxylic acids is 2. The number of para-hydroxylation sites is 1. The second-order valence-electron chi connectivity index (χ2n) is 14.5. The van der Waals surface area contributed by atoms with E-state index >= 15 is 0 Å². The van der Waals surface area contributed by atoms with Crippen LogP contribution in [0.2, 0.25) is 5.04 Å². The molecule has 0 saturated carbocycles. The van der Waals surface area contributed by atoms with Gasteiger partial charge in [0.1, 0.15) is 5.75 Å². The smallest absolute Gasteiger partial charge is 0.261 e. The van der Waals surface area contributed by atoms with E-state index in [1.807, 2.05) is 54.6 Å². The zero-order chi connectivity index (χ0) is 35.3. The van der Waals surface area contributed by atoms with Gasteiger partial charge in [-0.05, 0) is 58.3 Å². The lowest BCUT2D eigenvalue weighted by molar-refractivity contribution is -0.138. The average molecular weight is 682 g/mol. The number of imide groups is 1. The number of phenols is 1. The van der Waals surface area contributed by atoms with Crippen LogP contribution in [0.25, 0.3) is 6.08 Å². The van der Waals surface area contributed by atoms with Crippen LogP contribution in [0.4, 0.5) is 0 Å². The number of hydrogen-bond acceptors (Lipinski definition) is 6. The Morgan fingerprint density at radius 2 is 1.53 bits per heavy atom. The van der Waals surface area contributed by atoms with Gasteiger partial charge in [0.05, 0.1) is 31.2 Å². The van der Waals surface area contributed by atoms with Gasteiger partial charge >= 0.3 is 0 Å². The second kappa shape index (κ2) is 15.4. The highest BCUT2D eigenvalue weighted by molar-refractivity contribution is 6.99. The molecule has 3 N–H and O–H groups in total. The predicted octanol–water partition coefficient (Wildman–Crippen LogP) is 5.83. The summed E-state index contributed by atoms with van der Waals surface area (Å²) in [7, 11) is -1.47. The van der Waals surface area contributed by atoms with Crippen molar-refractivity contribution in [2.45, 2.75) is 70.9 Å². The van der Waals surface area contributed by atoms with E-state index in [0.29, 0.717) is 18.4 Å². The Hall–Kier alpha value is -3.82. The Morgan fingerprint density at radius 1 is 0.939 bits per heavy atom. The number of allylic oxidation sites excluding steroid dienone is 1. The molecule has 0 bridgehead atoms. The lowest BCUT2D eigenvalue weighted by Gasteiger charge is -2.44. The number of aliphatic hydroxyl groups excluding tert-OH is 2. The highest BCUT2D eigenvalue weighted by Crippen LogP contribution is 2.47. The van der Waals surface area contributed by atoms with Gasteiger partial charge in [-0.15, -0.1) is 0 Å². The molecular weight excluding hydrogens is 631 g/mol. The van der Waals surface area contributed by atoms with Gasteiger partial charge in [0, 0.05) is 18.5 Å². The van der Waals surface area contributed by atoms with Crippen LogP contribution in [0.15, 0.2) is 102 Å². The topological polar surface area (TPSA) is 107 Å². The number of fused-ring (bicyclic) bond motifs is 1. The van der Waals surface area contributed by atoms with Gasteiger partial charge in [0.15, 0.2) is 0 Å². The van der Waals surface area contributed by atoms with E-state index in [1.54, 1.807) is 12.1 Å². The molecule has 1 heterocycles. The number of phenolic OH excluding ortho intramolecular Hbond substituents is 1. The van der Waals surface area contributed by atoms with Crippen LogP contribution in [0.5, 0.6) is 5.75 Å². The highest BCUT2D eigenvalue weighted by Gasteiger charge is 2.55. The van der Waals surface area contributed by atoms with Gasteiger partial charge in [0.2, 0.25) is 11.8 Å². The molecule has 5 rings (SSSR count). The first-order chi connectivity index (χ1) is 23.4. The zero-order valence-corrected chi connectivity index (χ0v) is 30.4. The van der Waals surface area contributed by atoms with E-state index < -0.39 is 32.2 Å². The van der Waals surface area contributed by atoms with Crippen molar-refractivity contribution < 1.29 is 29.3 Å². The molecule has 2 amide bonds. The molecule has 0 radical (unpaired) electrons. The summed E-state index contributed by atoms with van der Waals surface area (Å²) in [4.78, 5) is 28.0. The van der Waals surface area contributed by atoms with E-state index in [1.165, 1.54) is 11.9 Å². The standard InChI is InChI=1S/C41H51NO6Si/c1-6-15-28(24-29-16-13-14-21-35(29)44)22-23-36(45)37-30(25-33-38(34(37)26-43)40(47)42(5)39(33)46)27-48-49(41(2,3)4,31-17-9-7-10-18-31)32-19-11-8-12-20-32/h7-14,16-21,24,33-34,36,38,43-45H,6,15,22-23,25-27H2,1-5H3/b28-24+/t33-,34+,36-,38-/m1/s1. The van der Waals surface area contributed by atoms with Crippen LogP contribution >= 0.6 is 0 Å². The van der Waals surface area contributed by atoms with Crippen molar-refractivity contribution in [3.05, 3.63) is 107 Å². The lowest BCUT2D eigenvalue weighted by atomic mass is 9.68. The Balaban J connectivity index is 1.57. The van der Waals surface area contributed by atoms with Gasteiger partial charge in [-0.2, -0.15) is 0 Å². The minimum absolute atomic E-state index is 0.167. The van der Waals surface area contributed by atoms with E-state index in [4.69, 9.17) is 4.43 Å². The molecule has 49 heavy (non-hydrogen) atoms. The number of aliphatic hydroxyl groups is 2. The Labute approximate surface area is 292 Å².